The average Bonchev–Trinajstić information content (AvgIpc) is 3.07. The second kappa shape index (κ2) is 16.7. The van der Waals surface area contributed by atoms with E-state index in [1.807, 2.05) is 44.2 Å². The number of nitrogens with zero attached hydrogens (tertiary/aromatic N) is 2. The van der Waals surface area contributed by atoms with Crippen molar-refractivity contribution in [1.82, 2.24) is 10.2 Å². The van der Waals surface area contributed by atoms with E-state index in [4.69, 9.17) is 4.74 Å². The van der Waals surface area contributed by atoms with Gasteiger partial charge in [-0.05, 0) is 73.5 Å². The van der Waals surface area contributed by atoms with Crippen LogP contribution in [0.1, 0.15) is 37.8 Å². The first kappa shape index (κ1) is 35.1. The highest BCUT2D eigenvalue weighted by Crippen LogP contribution is 2.27. The zero-order chi connectivity index (χ0) is 33.8. The molecular formula is C36H39F2N3O5S. The minimum absolute atomic E-state index is 0.104. The van der Waals surface area contributed by atoms with E-state index in [2.05, 4.69) is 5.32 Å². The third kappa shape index (κ3) is 9.38. The zero-order valence-electron chi connectivity index (χ0n) is 26.4. The minimum atomic E-state index is -4.42. The van der Waals surface area contributed by atoms with E-state index in [1.54, 1.807) is 18.2 Å². The Kier molecular flexibility index (Phi) is 12.5. The van der Waals surface area contributed by atoms with E-state index in [9.17, 15) is 22.4 Å². The van der Waals surface area contributed by atoms with Crippen LogP contribution in [-0.2, 0) is 32.6 Å². The first-order valence-corrected chi connectivity index (χ1v) is 16.9. The van der Waals surface area contributed by atoms with Crippen molar-refractivity contribution in [3.8, 4) is 5.75 Å². The zero-order valence-corrected chi connectivity index (χ0v) is 27.3. The van der Waals surface area contributed by atoms with Gasteiger partial charge in [-0.1, -0.05) is 61.9 Å². The van der Waals surface area contributed by atoms with Crippen LogP contribution in [0.15, 0.2) is 108 Å². The topological polar surface area (TPSA) is 96.0 Å². The van der Waals surface area contributed by atoms with Gasteiger partial charge in [-0.25, -0.2) is 17.2 Å². The summed E-state index contributed by atoms with van der Waals surface area (Å²) in [6.45, 7) is 3.54. The molecular weight excluding hydrogens is 624 g/mol. The number of nitrogens with one attached hydrogen (secondary N) is 1. The van der Waals surface area contributed by atoms with Gasteiger partial charge in [0.15, 0.2) is 0 Å². The van der Waals surface area contributed by atoms with Crippen LogP contribution in [0, 0.1) is 11.6 Å². The van der Waals surface area contributed by atoms with Gasteiger partial charge in [-0.2, -0.15) is 0 Å². The molecule has 4 aromatic rings. The molecule has 0 aliphatic rings. The number of rotatable bonds is 16. The fourth-order valence-electron chi connectivity index (χ4n) is 5.01. The first-order chi connectivity index (χ1) is 22.6. The average molecular weight is 664 g/mol. The van der Waals surface area contributed by atoms with Crippen molar-refractivity contribution in [3.05, 3.63) is 126 Å². The number of halogens is 2. The second-order valence-electron chi connectivity index (χ2n) is 10.9. The summed E-state index contributed by atoms with van der Waals surface area (Å²) >= 11 is 0. The number of anilines is 1. The Morgan fingerprint density at radius 1 is 0.851 bits per heavy atom. The molecule has 1 N–H and O–H groups in total. The SMILES string of the molecule is CCCCNC(=O)C(Cc1ccccc1)N(Cc1ccccc1F)C(=O)CN(c1ccc(OCC)cc1)S(=O)(=O)c1ccc(F)cc1. The van der Waals surface area contributed by atoms with Gasteiger partial charge in [0.1, 0.15) is 30.0 Å². The number of hydrogen-bond donors (Lipinski definition) is 1. The molecule has 8 nitrogen and oxygen atoms in total. The Hall–Kier alpha value is -4.77. The Morgan fingerprint density at radius 3 is 2.15 bits per heavy atom. The summed E-state index contributed by atoms with van der Waals surface area (Å²) in [6.07, 6.45) is 1.65. The number of sulfonamides is 1. The van der Waals surface area contributed by atoms with E-state index < -0.39 is 46.1 Å². The van der Waals surface area contributed by atoms with Gasteiger partial charge in [0.25, 0.3) is 10.0 Å². The van der Waals surface area contributed by atoms with Crippen molar-refractivity contribution in [1.29, 1.82) is 0 Å². The molecule has 47 heavy (non-hydrogen) atoms. The number of carbonyl (C=O) groups excluding carboxylic acids is 2. The van der Waals surface area contributed by atoms with Crippen LogP contribution in [-0.4, -0.2) is 50.9 Å². The number of hydrogen-bond acceptors (Lipinski definition) is 5. The first-order valence-electron chi connectivity index (χ1n) is 15.5. The number of amides is 2. The lowest BCUT2D eigenvalue weighted by molar-refractivity contribution is -0.140. The molecule has 1 atom stereocenters. The van der Waals surface area contributed by atoms with Crippen LogP contribution in [0.3, 0.4) is 0 Å². The maximum atomic E-state index is 15.0. The quantitative estimate of drug-likeness (QED) is 0.146. The molecule has 248 valence electrons. The highest BCUT2D eigenvalue weighted by molar-refractivity contribution is 7.92. The summed E-state index contributed by atoms with van der Waals surface area (Å²) in [4.78, 5) is 29.2. The summed E-state index contributed by atoms with van der Waals surface area (Å²) in [7, 11) is -4.42. The number of ether oxygens (including phenoxy) is 1. The number of carbonyl (C=O) groups is 2. The normalized spacial score (nSPS) is 11.8. The Bertz CT molecular complexity index is 1720. The molecule has 0 fully saturated rings. The molecule has 2 amide bonds. The van der Waals surface area contributed by atoms with Gasteiger partial charge in [0.2, 0.25) is 11.8 Å². The van der Waals surface area contributed by atoms with Crippen LogP contribution in [0.5, 0.6) is 5.75 Å². The summed E-state index contributed by atoms with van der Waals surface area (Å²) in [5.41, 5.74) is 1.06. The monoisotopic (exact) mass is 663 g/mol. The number of benzene rings is 4. The third-order valence-corrected chi connectivity index (χ3v) is 9.30. The molecule has 11 heteroatoms. The Labute approximate surface area is 275 Å². The predicted molar refractivity (Wildman–Crippen MR) is 177 cm³/mol. The van der Waals surface area contributed by atoms with Crippen molar-refractivity contribution in [2.24, 2.45) is 0 Å². The summed E-state index contributed by atoms with van der Waals surface area (Å²) in [5.74, 6) is -1.88. The predicted octanol–water partition coefficient (Wildman–Crippen LogP) is 6.12. The van der Waals surface area contributed by atoms with Crippen molar-refractivity contribution < 1.29 is 31.5 Å². The van der Waals surface area contributed by atoms with E-state index in [-0.39, 0.29) is 29.1 Å². The molecule has 0 saturated heterocycles. The molecule has 0 bridgehead atoms. The molecule has 0 radical (unpaired) electrons. The lowest BCUT2D eigenvalue weighted by atomic mass is 10.0. The Balaban J connectivity index is 1.80. The Morgan fingerprint density at radius 2 is 1.51 bits per heavy atom. The molecule has 0 spiro atoms. The van der Waals surface area contributed by atoms with Crippen molar-refractivity contribution in [2.45, 2.75) is 50.6 Å². The van der Waals surface area contributed by atoms with Crippen molar-refractivity contribution >= 4 is 27.5 Å². The van der Waals surface area contributed by atoms with E-state index >= 15 is 4.39 Å². The lowest BCUT2D eigenvalue weighted by Crippen LogP contribution is -2.53. The van der Waals surface area contributed by atoms with Crippen LogP contribution >= 0.6 is 0 Å². The lowest BCUT2D eigenvalue weighted by Gasteiger charge is -2.34. The number of unbranched alkanes of at least 4 members (excludes halogenated alkanes) is 1. The molecule has 0 saturated carbocycles. The molecule has 4 aromatic carbocycles. The van der Waals surface area contributed by atoms with E-state index in [0.29, 0.717) is 25.3 Å². The second-order valence-corrected chi connectivity index (χ2v) is 12.7. The van der Waals surface area contributed by atoms with Gasteiger partial charge in [0, 0.05) is 25.1 Å². The van der Waals surface area contributed by atoms with E-state index in [1.165, 1.54) is 35.2 Å². The maximum absolute atomic E-state index is 15.0. The fourth-order valence-corrected chi connectivity index (χ4v) is 6.42. The van der Waals surface area contributed by atoms with E-state index in [0.717, 1.165) is 40.6 Å². The highest BCUT2D eigenvalue weighted by atomic mass is 32.2. The molecule has 0 heterocycles. The molecule has 0 aromatic heterocycles. The van der Waals surface area contributed by atoms with Crippen LogP contribution < -0.4 is 14.4 Å². The van der Waals surface area contributed by atoms with Gasteiger partial charge < -0.3 is 15.0 Å². The van der Waals surface area contributed by atoms with Crippen molar-refractivity contribution in [2.75, 3.05) is 24.0 Å². The van der Waals surface area contributed by atoms with Gasteiger partial charge in [-0.3, -0.25) is 13.9 Å². The molecule has 4 rings (SSSR count). The van der Waals surface area contributed by atoms with Crippen LogP contribution in [0.4, 0.5) is 14.5 Å². The van der Waals surface area contributed by atoms with Gasteiger partial charge >= 0.3 is 0 Å². The highest BCUT2D eigenvalue weighted by Gasteiger charge is 2.35. The largest absolute Gasteiger partial charge is 0.494 e. The summed E-state index contributed by atoms with van der Waals surface area (Å²) < 4.78 is 63.3. The summed E-state index contributed by atoms with van der Waals surface area (Å²) in [6, 6.07) is 24.4. The van der Waals surface area contributed by atoms with Crippen LogP contribution in [0.25, 0.3) is 0 Å². The van der Waals surface area contributed by atoms with Gasteiger partial charge in [-0.15, -0.1) is 0 Å². The smallest absolute Gasteiger partial charge is 0.264 e. The van der Waals surface area contributed by atoms with Gasteiger partial charge in [0.05, 0.1) is 17.2 Å². The molecule has 0 aliphatic carbocycles. The van der Waals surface area contributed by atoms with Crippen LogP contribution in [0.2, 0.25) is 0 Å². The summed E-state index contributed by atoms with van der Waals surface area (Å²) in [5, 5.41) is 2.90. The fraction of sp³-hybridized carbons (Fsp3) is 0.278. The third-order valence-electron chi connectivity index (χ3n) is 7.52. The minimum Gasteiger partial charge on any atom is -0.494 e. The maximum Gasteiger partial charge on any atom is 0.264 e. The molecule has 0 aliphatic heterocycles. The standard InChI is InChI=1S/C36H39F2N3O5S/c1-3-5-23-39-36(43)34(24-27-11-7-6-8-12-27)40(25-28-13-9-10-14-33(28)38)35(42)26-41(30-17-19-31(20-18-30)46-4-2)47(44,45)32-21-15-29(37)16-22-32/h6-22,34H,3-5,23-26H2,1-2H3,(H,39,43). The van der Waals surface area contributed by atoms with Crippen molar-refractivity contribution in [3.63, 3.8) is 0 Å². The molecule has 1 unspecified atom stereocenters.